The number of hydrogen-bond donors (Lipinski definition) is 0. The van der Waals surface area contributed by atoms with Crippen LogP contribution < -0.4 is 0 Å². The Hall–Kier alpha value is -0.870. The Balaban J connectivity index is 2.81. The van der Waals surface area contributed by atoms with Gasteiger partial charge in [-0.15, -0.1) is 0 Å². The van der Waals surface area contributed by atoms with E-state index in [1.807, 2.05) is 0 Å². The van der Waals surface area contributed by atoms with Gasteiger partial charge in [-0.25, -0.2) is 4.79 Å². The number of alkyl halides is 2. The maximum Gasteiger partial charge on any atom is 0.346 e. The first-order chi connectivity index (χ1) is 4.45. The second kappa shape index (κ2) is 1.81. The van der Waals surface area contributed by atoms with Gasteiger partial charge in [-0.3, -0.25) is 4.90 Å². The van der Waals surface area contributed by atoms with Gasteiger partial charge in [0.25, 0.3) is 0 Å². The molecule has 5 heteroatoms. The fourth-order valence-electron chi connectivity index (χ4n) is 0.855. The van der Waals surface area contributed by atoms with E-state index in [4.69, 9.17) is 0 Å². The van der Waals surface area contributed by atoms with Crippen molar-refractivity contribution in [2.45, 2.75) is 6.05 Å². The van der Waals surface area contributed by atoms with Gasteiger partial charge in [-0.1, -0.05) is 0 Å². The van der Waals surface area contributed by atoms with Gasteiger partial charge >= 0.3 is 12.1 Å². The van der Waals surface area contributed by atoms with Crippen LogP contribution in [0.2, 0.25) is 0 Å². The van der Waals surface area contributed by atoms with Crippen LogP contribution in [0.25, 0.3) is 0 Å². The first-order valence-corrected chi connectivity index (χ1v) is 2.82. The summed E-state index contributed by atoms with van der Waals surface area (Å²) in [5.74, 6) is 0. The van der Waals surface area contributed by atoms with E-state index in [1.54, 1.807) is 0 Å². The molecule has 0 aliphatic carbocycles. The van der Waals surface area contributed by atoms with Gasteiger partial charge in [0.2, 0.25) is 0 Å². The molecule has 0 aromatic heterocycles. The van der Waals surface area contributed by atoms with Crippen molar-refractivity contribution >= 4 is 6.03 Å². The Bertz CT molecular complexity index is 171. The summed E-state index contributed by atoms with van der Waals surface area (Å²) in [6.45, 7) is -0.512. The lowest BCUT2D eigenvalue weighted by molar-refractivity contribution is -0.0826. The Morgan fingerprint density at radius 2 is 2.00 bits per heavy atom. The Morgan fingerprint density at radius 1 is 1.50 bits per heavy atom. The van der Waals surface area contributed by atoms with Gasteiger partial charge in [0.05, 0.1) is 0 Å². The second-order valence-electron chi connectivity index (χ2n) is 2.36. The lowest BCUT2D eigenvalue weighted by atomic mass is 10.5. The summed E-state index contributed by atoms with van der Waals surface area (Å²) in [7, 11) is 2.44. The minimum absolute atomic E-state index is 0.438. The smallest absolute Gasteiger partial charge is 0.319 e. The van der Waals surface area contributed by atoms with Crippen LogP contribution in [0.5, 0.6) is 0 Å². The fraction of sp³-hybridized carbons (Fsp3) is 0.800. The SMILES string of the molecule is CN1CC(F)(F)N(C)C1=O. The fourth-order valence-corrected chi connectivity index (χ4v) is 0.855. The summed E-state index contributed by atoms with van der Waals surface area (Å²) in [6, 6.07) is -3.63. The van der Waals surface area contributed by atoms with Crippen LogP contribution in [0.4, 0.5) is 13.6 Å². The lowest BCUT2D eigenvalue weighted by Gasteiger charge is -2.15. The van der Waals surface area contributed by atoms with E-state index in [0.717, 1.165) is 11.9 Å². The number of carbonyl (C=O) groups excluding carboxylic acids is 1. The number of urea groups is 1. The second-order valence-corrected chi connectivity index (χ2v) is 2.36. The maximum atomic E-state index is 12.5. The Kier molecular flexibility index (Phi) is 1.31. The molecule has 0 N–H and O–H groups in total. The molecular weight excluding hydrogens is 142 g/mol. The van der Waals surface area contributed by atoms with Crippen molar-refractivity contribution in [1.29, 1.82) is 0 Å². The van der Waals surface area contributed by atoms with E-state index in [1.165, 1.54) is 7.05 Å². The number of nitrogens with zero attached hydrogens (tertiary/aromatic N) is 2. The molecular formula is C5H8F2N2O. The largest absolute Gasteiger partial charge is 0.346 e. The first kappa shape index (κ1) is 7.24. The third-order valence-corrected chi connectivity index (χ3v) is 1.53. The van der Waals surface area contributed by atoms with Gasteiger partial charge < -0.3 is 4.90 Å². The molecule has 2 amide bonds. The molecule has 10 heavy (non-hydrogen) atoms. The molecule has 0 aromatic carbocycles. The average molecular weight is 150 g/mol. The Morgan fingerprint density at radius 3 is 2.10 bits per heavy atom. The van der Waals surface area contributed by atoms with Crippen LogP contribution in [0.3, 0.4) is 0 Å². The minimum atomic E-state index is -2.99. The minimum Gasteiger partial charge on any atom is -0.319 e. The topological polar surface area (TPSA) is 23.6 Å². The molecule has 1 aliphatic rings. The molecule has 1 saturated heterocycles. The molecule has 1 fully saturated rings. The van der Waals surface area contributed by atoms with Crippen molar-refractivity contribution in [2.24, 2.45) is 0 Å². The van der Waals surface area contributed by atoms with Crippen molar-refractivity contribution < 1.29 is 13.6 Å². The highest BCUT2D eigenvalue weighted by molar-refractivity contribution is 5.76. The van der Waals surface area contributed by atoms with E-state index in [-0.39, 0.29) is 0 Å². The summed E-state index contributed by atoms with van der Waals surface area (Å²) in [4.78, 5) is 12.1. The lowest BCUT2D eigenvalue weighted by Crippen LogP contribution is -2.35. The van der Waals surface area contributed by atoms with Crippen LogP contribution in [-0.2, 0) is 0 Å². The molecule has 1 rings (SSSR count). The summed E-state index contributed by atoms with van der Waals surface area (Å²) in [5, 5.41) is 0. The number of halogens is 2. The molecule has 1 heterocycles. The number of likely N-dealkylation sites (N-methyl/N-ethyl adjacent to an activating group) is 2. The highest BCUT2D eigenvalue weighted by atomic mass is 19.3. The van der Waals surface area contributed by atoms with Crippen molar-refractivity contribution in [3.05, 3.63) is 0 Å². The van der Waals surface area contributed by atoms with Gasteiger partial charge in [-0.05, 0) is 0 Å². The average Bonchev–Trinajstić information content (AvgIpc) is 1.95. The van der Waals surface area contributed by atoms with Crippen LogP contribution in [-0.4, -0.2) is 42.5 Å². The summed E-state index contributed by atoms with van der Waals surface area (Å²) >= 11 is 0. The zero-order valence-electron chi connectivity index (χ0n) is 5.77. The van der Waals surface area contributed by atoms with Crippen molar-refractivity contribution in [3.8, 4) is 0 Å². The van der Waals surface area contributed by atoms with E-state index in [0.29, 0.717) is 4.90 Å². The molecule has 0 aromatic rings. The molecule has 58 valence electrons. The number of rotatable bonds is 0. The highest BCUT2D eigenvalue weighted by Crippen LogP contribution is 2.26. The van der Waals surface area contributed by atoms with Gasteiger partial charge in [0.15, 0.2) is 0 Å². The standard InChI is InChI=1S/C5H8F2N2O/c1-8-3-5(6,7)9(2)4(8)10/h3H2,1-2H3. The first-order valence-electron chi connectivity index (χ1n) is 2.82. The van der Waals surface area contributed by atoms with Crippen LogP contribution >= 0.6 is 0 Å². The molecule has 0 spiro atoms. The van der Waals surface area contributed by atoms with Crippen LogP contribution in [0, 0.1) is 0 Å². The molecule has 0 unspecified atom stereocenters. The molecule has 1 aliphatic heterocycles. The third-order valence-electron chi connectivity index (χ3n) is 1.53. The number of hydrogen-bond acceptors (Lipinski definition) is 1. The van der Waals surface area contributed by atoms with E-state index in [2.05, 4.69) is 0 Å². The molecule has 0 atom stereocenters. The normalized spacial score (nSPS) is 24.2. The third kappa shape index (κ3) is 0.815. The molecule has 0 radical (unpaired) electrons. The number of amides is 2. The van der Waals surface area contributed by atoms with E-state index in [9.17, 15) is 13.6 Å². The molecule has 0 bridgehead atoms. The predicted octanol–water partition coefficient (Wildman–Crippen LogP) is 0.576. The zero-order valence-corrected chi connectivity index (χ0v) is 5.77. The summed E-state index contributed by atoms with van der Waals surface area (Å²) in [6.07, 6.45) is 0. The maximum absolute atomic E-state index is 12.5. The molecule has 0 saturated carbocycles. The van der Waals surface area contributed by atoms with Gasteiger partial charge in [-0.2, -0.15) is 8.78 Å². The van der Waals surface area contributed by atoms with Crippen LogP contribution in [0.1, 0.15) is 0 Å². The van der Waals surface area contributed by atoms with Crippen molar-refractivity contribution in [3.63, 3.8) is 0 Å². The van der Waals surface area contributed by atoms with Crippen LogP contribution in [0.15, 0.2) is 0 Å². The summed E-state index contributed by atoms with van der Waals surface area (Å²) < 4.78 is 25.0. The summed E-state index contributed by atoms with van der Waals surface area (Å²) in [5.41, 5.74) is 0. The zero-order chi connectivity index (χ0) is 7.94. The van der Waals surface area contributed by atoms with Crippen molar-refractivity contribution in [2.75, 3.05) is 20.6 Å². The van der Waals surface area contributed by atoms with Gasteiger partial charge in [0, 0.05) is 14.1 Å². The van der Waals surface area contributed by atoms with E-state index >= 15 is 0 Å². The Labute approximate surface area is 57.2 Å². The monoisotopic (exact) mass is 150 g/mol. The van der Waals surface area contributed by atoms with E-state index < -0.39 is 18.6 Å². The van der Waals surface area contributed by atoms with Crippen molar-refractivity contribution in [1.82, 2.24) is 9.80 Å². The highest BCUT2D eigenvalue weighted by Gasteiger charge is 2.47. The quantitative estimate of drug-likeness (QED) is 0.463. The predicted molar refractivity (Wildman–Crippen MR) is 30.7 cm³/mol. The van der Waals surface area contributed by atoms with Gasteiger partial charge in [0.1, 0.15) is 6.54 Å². The number of carbonyl (C=O) groups is 1. The molecule has 3 nitrogen and oxygen atoms in total.